The van der Waals surface area contributed by atoms with Gasteiger partial charge < -0.3 is 5.21 Å². The van der Waals surface area contributed by atoms with E-state index in [0.29, 0.717) is 5.56 Å². The molecule has 0 fully saturated rings. The average Bonchev–Trinajstić information content (AvgIpc) is 2.07. The van der Waals surface area contributed by atoms with Crippen LogP contribution in [0.2, 0.25) is 0 Å². The minimum atomic E-state index is -0.279. The van der Waals surface area contributed by atoms with Gasteiger partial charge in [0.1, 0.15) is 5.82 Å². The lowest BCUT2D eigenvalue weighted by Gasteiger charge is -2.22. The zero-order chi connectivity index (χ0) is 10.8. The molecule has 1 rings (SSSR count). The van der Waals surface area contributed by atoms with Gasteiger partial charge in [0, 0.05) is 12.1 Å². The summed E-state index contributed by atoms with van der Waals surface area (Å²) < 4.78 is 13.4. The Kier molecular flexibility index (Phi) is 3.24. The monoisotopic (exact) mass is 197 g/mol. The Morgan fingerprint density at radius 1 is 1.36 bits per heavy atom. The third-order valence-corrected chi connectivity index (χ3v) is 2.18. The highest BCUT2D eigenvalue weighted by Crippen LogP contribution is 2.27. The van der Waals surface area contributed by atoms with Crippen LogP contribution in [-0.2, 0) is 12.0 Å². The number of hydroxylamine groups is 1. The predicted molar refractivity (Wildman–Crippen MR) is 53.7 cm³/mol. The van der Waals surface area contributed by atoms with Crippen molar-refractivity contribution in [1.82, 2.24) is 5.48 Å². The van der Waals surface area contributed by atoms with Crippen LogP contribution in [0.1, 0.15) is 31.9 Å². The van der Waals surface area contributed by atoms with Gasteiger partial charge in [-0.2, -0.15) is 0 Å². The molecule has 0 heterocycles. The number of rotatable bonds is 2. The summed E-state index contributed by atoms with van der Waals surface area (Å²) in [6.45, 7) is 6.19. The van der Waals surface area contributed by atoms with Crippen LogP contribution in [0.3, 0.4) is 0 Å². The topological polar surface area (TPSA) is 32.3 Å². The molecule has 0 saturated carbocycles. The van der Waals surface area contributed by atoms with Gasteiger partial charge in [-0.3, -0.25) is 0 Å². The lowest BCUT2D eigenvalue weighted by Crippen LogP contribution is -2.19. The molecule has 1 aromatic rings. The summed E-state index contributed by atoms with van der Waals surface area (Å²) in [7, 11) is 0. The Labute approximate surface area is 83.7 Å². The quantitative estimate of drug-likeness (QED) is 0.714. The van der Waals surface area contributed by atoms with E-state index in [9.17, 15) is 4.39 Å². The van der Waals surface area contributed by atoms with Crippen molar-refractivity contribution >= 4 is 0 Å². The largest absolute Gasteiger partial charge is 0.316 e. The molecule has 0 aromatic heterocycles. The fourth-order valence-corrected chi connectivity index (χ4v) is 1.52. The molecular formula is C11H16FNO. The Hall–Kier alpha value is -0.930. The first-order chi connectivity index (χ1) is 6.46. The van der Waals surface area contributed by atoms with E-state index < -0.39 is 0 Å². The molecule has 0 amide bonds. The summed E-state index contributed by atoms with van der Waals surface area (Å²) in [6, 6.07) is 4.98. The van der Waals surface area contributed by atoms with Gasteiger partial charge in [-0.15, -0.1) is 0 Å². The number of hydrogen-bond donors (Lipinski definition) is 2. The number of nitrogens with one attached hydrogen (secondary N) is 1. The summed E-state index contributed by atoms with van der Waals surface area (Å²) in [6.07, 6.45) is 0. The summed E-state index contributed by atoms with van der Waals surface area (Å²) in [5.41, 5.74) is 3.33. The van der Waals surface area contributed by atoms with E-state index in [2.05, 4.69) is 0 Å². The highest BCUT2D eigenvalue weighted by atomic mass is 19.1. The maximum absolute atomic E-state index is 13.4. The first-order valence-corrected chi connectivity index (χ1v) is 4.61. The van der Waals surface area contributed by atoms with E-state index in [1.165, 1.54) is 6.07 Å². The first kappa shape index (κ1) is 11.1. The Morgan fingerprint density at radius 2 is 2.00 bits per heavy atom. The summed E-state index contributed by atoms with van der Waals surface area (Å²) in [4.78, 5) is 0. The minimum absolute atomic E-state index is 0.117. The summed E-state index contributed by atoms with van der Waals surface area (Å²) in [5, 5.41) is 8.62. The van der Waals surface area contributed by atoms with E-state index >= 15 is 0 Å². The third-order valence-electron chi connectivity index (χ3n) is 2.18. The lowest BCUT2D eigenvalue weighted by molar-refractivity contribution is 0.159. The summed E-state index contributed by atoms with van der Waals surface area (Å²) >= 11 is 0. The molecule has 0 aliphatic carbocycles. The maximum Gasteiger partial charge on any atom is 0.128 e. The molecule has 0 aliphatic heterocycles. The van der Waals surface area contributed by atoms with Crippen LogP contribution in [0.15, 0.2) is 18.2 Å². The van der Waals surface area contributed by atoms with Gasteiger partial charge in [0.25, 0.3) is 0 Å². The predicted octanol–water partition coefficient (Wildman–Crippen LogP) is 2.60. The third kappa shape index (κ3) is 2.30. The Balaban J connectivity index is 3.21. The van der Waals surface area contributed by atoms with Crippen LogP contribution in [0, 0.1) is 5.82 Å². The van der Waals surface area contributed by atoms with Gasteiger partial charge in [0.05, 0.1) is 0 Å². The van der Waals surface area contributed by atoms with Crippen LogP contribution in [0.25, 0.3) is 0 Å². The second kappa shape index (κ2) is 4.07. The molecule has 2 nitrogen and oxygen atoms in total. The number of benzene rings is 1. The van der Waals surface area contributed by atoms with Gasteiger partial charge in [-0.25, -0.2) is 9.87 Å². The number of halogens is 1. The van der Waals surface area contributed by atoms with Crippen LogP contribution >= 0.6 is 0 Å². The summed E-state index contributed by atoms with van der Waals surface area (Å²) in [5.74, 6) is -0.279. The molecule has 0 atom stereocenters. The lowest BCUT2D eigenvalue weighted by atomic mass is 9.83. The van der Waals surface area contributed by atoms with Crippen molar-refractivity contribution in [2.45, 2.75) is 32.7 Å². The maximum atomic E-state index is 13.4. The molecule has 0 spiro atoms. The van der Waals surface area contributed by atoms with Crippen LogP contribution in [0.5, 0.6) is 0 Å². The standard InChI is InChI=1S/C11H16FNO/c1-11(2,3)9-5-4-6-10(12)8(9)7-13-14/h4-6,13-14H,7H2,1-3H3. The SMILES string of the molecule is CC(C)(C)c1cccc(F)c1CNO. The van der Waals surface area contributed by atoms with E-state index in [-0.39, 0.29) is 17.8 Å². The molecule has 0 bridgehead atoms. The Bertz CT molecular complexity index is 318. The van der Waals surface area contributed by atoms with Crippen molar-refractivity contribution in [3.05, 3.63) is 35.1 Å². The van der Waals surface area contributed by atoms with Gasteiger partial charge in [-0.05, 0) is 17.0 Å². The van der Waals surface area contributed by atoms with Crippen molar-refractivity contribution in [3.63, 3.8) is 0 Å². The van der Waals surface area contributed by atoms with Gasteiger partial charge >= 0.3 is 0 Å². The molecule has 3 heteroatoms. The van der Waals surface area contributed by atoms with Crippen LogP contribution in [-0.4, -0.2) is 5.21 Å². The molecule has 1 aromatic carbocycles. The van der Waals surface area contributed by atoms with Crippen LogP contribution in [0.4, 0.5) is 4.39 Å². The van der Waals surface area contributed by atoms with Crippen LogP contribution < -0.4 is 5.48 Å². The smallest absolute Gasteiger partial charge is 0.128 e. The normalized spacial score (nSPS) is 11.8. The number of hydrogen-bond acceptors (Lipinski definition) is 2. The van der Waals surface area contributed by atoms with E-state index in [1.54, 1.807) is 6.07 Å². The zero-order valence-corrected chi connectivity index (χ0v) is 8.76. The molecule has 0 saturated heterocycles. The fraction of sp³-hybridized carbons (Fsp3) is 0.455. The molecule has 0 radical (unpaired) electrons. The molecule has 14 heavy (non-hydrogen) atoms. The van der Waals surface area contributed by atoms with Crippen molar-refractivity contribution in [2.75, 3.05) is 0 Å². The van der Waals surface area contributed by atoms with E-state index in [1.807, 2.05) is 32.3 Å². The molecule has 0 unspecified atom stereocenters. The molecule has 78 valence electrons. The Morgan fingerprint density at radius 3 is 2.50 bits per heavy atom. The highest BCUT2D eigenvalue weighted by molar-refractivity contribution is 5.33. The van der Waals surface area contributed by atoms with E-state index in [4.69, 9.17) is 5.21 Å². The van der Waals surface area contributed by atoms with Crippen molar-refractivity contribution in [1.29, 1.82) is 0 Å². The first-order valence-electron chi connectivity index (χ1n) is 4.61. The second-order valence-electron chi connectivity index (χ2n) is 4.35. The van der Waals surface area contributed by atoms with Crippen molar-refractivity contribution < 1.29 is 9.60 Å². The highest BCUT2D eigenvalue weighted by Gasteiger charge is 2.19. The fourth-order valence-electron chi connectivity index (χ4n) is 1.52. The second-order valence-corrected chi connectivity index (χ2v) is 4.35. The zero-order valence-electron chi connectivity index (χ0n) is 8.76. The van der Waals surface area contributed by atoms with E-state index in [0.717, 1.165) is 5.56 Å². The van der Waals surface area contributed by atoms with Gasteiger partial charge in [0.2, 0.25) is 0 Å². The van der Waals surface area contributed by atoms with Crippen molar-refractivity contribution in [2.24, 2.45) is 0 Å². The minimum Gasteiger partial charge on any atom is -0.316 e. The average molecular weight is 197 g/mol. The van der Waals surface area contributed by atoms with Gasteiger partial charge in [-0.1, -0.05) is 32.9 Å². The van der Waals surface area contributed by atoms with Gasteiger partial charge in [0.15, 0.2) is 0 Å². The molecule has 0 aliphatic rings. The molecule has 2 N–H and O–H groups in total. The molecular weight excluding hydrogens is 181 g/mol. The van der Waals surface area contributed by atoms with Crippen molar-refractivity contribution in [3.8, 4) is 0 Å².